The van der Waals surface area contributed by atoms with E-state index in [1.165, 1.54) is 10.9 Å². The smallest absolute Gasteiger partial charge is 0.226 e. The molecule has 0 spiro atoms. The fourth-order valence-electron chi connectivity index (χ4n) is 2.59. The van der Waals surface area contributed by atoms with E-state index in [0.717, 1.165) is 0 Å². The Labute approximate surface area is 142 Å². The third-order valence-electron chi connectivity index (χ3n) is 3.84. The summed E-state index contributed by atoms with van der Waals surface area (Å²) in [6.45, 7) is 3.86. The summed E-state index contributed by atoms with van der Waals surface area (Å²) in [6.07, 6.45) is -3.33. The molecule has 3 heterocycles. The van der Waals surface area contributed by atoms with Crippen LogP contribution in [0, 0.1) is 5.92 Å². The van der Waals surface area contributed by atoms with Gasteiger partial charge in [-0.25, -0.2) is 9.37 Å². The van der Waals surface area contributed by atoms with Crippen molar-refractivity contribution in [2.24, 2.45) is 5.92 Å². The lowest BCUT2D eigenvalue weighted by Gasteiger charge is -2.16. The summed E-state index contributed by atoms with van der Waals surface area (Å²) < 4.78 is 19.7. The van der Waals surface area contributed by atoms with Crippen molar-refractivity contribution < 1.29 is 19.3 Å². The van der Waals surface area contributed by atoms with E-state index in [2.05, 4.69) is 20.3 Å². The molecule has 1 aliphatic rings. The summed E-state index contributed by atoms with van der Waals surface area (Å²) in [5, 5.41) is 23.1. The Morgan fingerprint density at radius 1 is 1.38 bits per heavy atom. The van der Waals surface area contributed by atoms with E-state index in [1.807, 2.05) is 13.8 Å². The van der Waals surface area contributed by atoms with Gasteiger partial charge in [0.1, 0.15) is 25.0 Å². The molecule has 2 aromatic heterocycles. The first-order valence-corrected chi connectivity index (χ1v) is 8.01. The maximum Gasteiger partial charge on any atom is 0.226 e. The van der Waals surface area contributed by atoms with E-state index in [-0.39, 0.29) is 5.28 Å². The number of imidazole rings is 1. The van der Waals surface area contributed by atoms with E-state index in [0.29, 0.717) is 29.4 Å². The monoisotopic (exact) mass is 359 g/mol. The summed E-state index contributed by atoms with van der Waals surface area (Å²) in [6, 6.07) is 0. The number of ether oxygens (including phenoxy) is 1. The van der Waals surface area contributed by atoms with Crippen molar-refractivity contribution >= 4 is 28.6 Å². The zero-order valence-electron chi connectivity index (χ0n) is 13.2. The number of anilines is 1. The van der Waals surface area contributed by atoms with Gasteiger partial charge in [-0.3, -0.25) is 4.57 Å². The SMILES string of the molecule is CC(C)CNc1nc(Cl)nc2c1ncn2[C@@H]1O[C@H](CF)[C@@H](O)[C@H]1O. The van der Waals surface area contributed by atoms with E-state index in [4.69, 9.17) is 16.3 Å². The number of aliphatic hydroxyl groups is 2. The fourth-order valence-corrected chi connectivity index (χ4v) is 2.75. The average molecular weight is 360 g/mol. The van der Waals surface area contributed by atoms with Gasteiger partial charge in [0.15, 0.2) is 23.2 Å². The van der Waals surface area contributed by atoms with Crippen LogP contribution in [0.1, 0.15) is 20.1 Å². The van der Waals surface area contributed by atoms with Crippen molar-refractivity contribution in [3.05, 3.63) is 11.6 Å². The fraction of sp³-hybridized carbons (Fsp3) is 0.643. The number of hydrogen-bond donors (Lipinski definition) is 3. The minimum Gasteiger partial charge on any atom is -0.387 e. The summed E-state index contributed by atoms with van der Waals surface area (Å²) in [5.41, 5.74) is 0.783. The highest BCUT2D eigenvalue weighted by atomic mass is 35.5. The van der Waals surface area contributed by atoms with Crippen LogP contribution in [0.15, 0.2) is 6.33 Å². The van der Waals surface area contributed by atoms with Gasteiger partial charge >= 0.3 is 0 Å². The number of halogens is 2. The van der Waals surface area contributed by atoms with Crippen molar-refractivity contribution in [1.29, 1.82) is 0 Å². The van der Waals surface area contributed by atoms with E-state index in [1.54, 1.807) is 0 Å². The molecule has 0 saturated carbocycles. The molecule has 0 bridgehead atoms. The molecule has 0 unspecified atom stereocenters. The van der Waals surface area contributed by atoms with Crippen molar-refractivity contribution in [3.63, 3.8) is 0 Å². The van der Waals surface area contributed by atoms with Crippen molar-refractivity contribution in [2.75, 3.05) is 18.5 Å². The van der Waals surface area contributed by atoms with Crippen LogP contribution >= 0.6 is 11.6 Å². The lowest BCUT2D eigenvalue weighted by atomic mass is 10.1. The van der Waals surface area contributed by atoms with Crippen LogP contribution in [0.5, 0.6) is 0 Å². The van der Waals surface area contributed by atoms with Gasteiger partial charge in [0.05, 0.1) is 6.33 Å². The second-order valence-corrected chi connectivity index (χ2v) is 6.48. The Hall–Kier alpha value is -1.55. The van der Waals surface area contributed by atoms with Crippen LogP contribution in [0.2, 0.25) is 5.28 Å². The molecule has 3 rings (SSSR count). The molecule has 0 amide bonds. The summed E-state index contributed by atoms with van der Waals surface area (Å²) in [7, 11) is 0. The van der Waals surface area contributed by atoms with Gasteiger partial charge in [0.2, 0.25) is 5.28 Å². The van der Waals surface area contributed by atoms with Crippen LogP contribution < -0.4 is 5.32 Å². The largest absolute Gasteiger partial charge is 0.387 e. The first-order valence-electron chi connectivity index (χ1n) is 7.64. The third kappa shape index (κ3) is 3.04. The molecular formula is C14H19ClFN5O3. The zero-order valence-corrected chi connectivity index (χ0v) is 14.0. The predicted molar refractivity (Wildman–Crippen MR) is 85.6 cm³/mol. The second kappa shape index (κ2) is 6.75. The highest BCUT2D eigenvalue weighted by molar-refractivity contribution is 6.28. The topological polar surface area (TPSA) is 105 Å². The van der Waals surface area contributed by atoms with Crippen LogP contribution in [0.25, 0.3) is 11.2 Å². The molecule has 132 valence electrons. The Morgan fingerprint density at radius 3 is 2.75 bits per heavy atom. The number of fused-ring (bicyclic) bond motifs is 1. The van der Waals surface area contributed by atoms with Crippen molar-refractivity contribution in [2.45, 2.75) is 38.4 Å². The number of nitrogens with one attached hydrogen (secondary N) is 1. The van der Waals surface area contributed by atoms with Crippen molar-refractivity contribution in [3.8, 4) is 0 Å². The molecular weight excluding hydrogens is 341 g/mol. The molecule has 4 atom stereocenters. The van der Waals surface area contributed by atoms with Gasteiger partial charge in [-0.2, -0.15) is 9.97 Å². The predicted octanol–water partition coefficient (Wildman–Crippen LogP) is 1.14. The molecule has 2 aromatic rings. The van der Waals surface area contributed by atoms with Gasteiger partial charge in [-0.05, 0) is 17.5 Å². The normalized spacial score (nSPS) is 27.3. The highest BCUT2D eigenvalue weighted by Gasteiger charge is 2.44. The standard InChI is InChI=1S/C14H19ClFN5O3/c1-6(2)4-17-11-8-12(20-14(15)19-11)21(5-18-8)13-10(23)9(22)7(3-16)24-13/h5-7,9-10,13,22-23H,3-4H2,1-2H3,(H,17,19,20)/t7-,9-,10-,13-/m1/s1. The first-order chi connectivity index (χ1) is 11.4. The number of aliphatic hydroxyl groups excluding tert-OH is 2. The van der Waals surface area contributed by atoms with Gasteiger partial charge in [0.25, 0.3) is 0 Å². The first kappa shape index (κ1) is 17.3. The number of nitrogens with zero attached hydrogens (tertiary/aromatic N) is 4. The van der Waals surface area contributed by atoms with Crippen LogP contribution in [0.4, 0.5) is 10.2 Å². The van der Waals surface area contributed by atoms with Crippen LogP contribution in [-0.2, 0) is 4.74 Å². The molecule has 10 heteroatoms. The van der Waals surface area contributed by atoms with Crippen LogP contribution in [-0.4, -0.2) is 61.3 Å². The van der Waals surface area contributed by atoms with Crippen molar-refractivity contribution in [1.82, 2.24) is 19.5 Å². The molecule has 8 nitrogen and oxygen atoms in total. The average Bonchev–Trinajstić information content (AvgIpc) is 3.07. The van der Waals surface area contributed by atoms with Gasteiger partial charge in [0, 0.05) is 6.54 Å². The Morgan fingerprint density at radius 2 is 2.12 bits per heavy atom. The Kier molecular flexibility index (Phi) is 4.86. The van der Waals surface area contributed by atoms with Gasteiger partial charge in [-0.1, -0.05) is 13.8 Å². The zero-order chi connectivity index (χ0) is 17.4. The van der Waals surface area contributed by atoms with E-state index >= 15 is 0 Å². The molecule has 1 fully saturated rings. The number of rotatable bonds is 5. The maximum absolute atomic E-state index is 12.9. The maximum atomic E-state index is 12.9. The van der Waals surface area contributed by atoms with Crippen LogP contribution in [0.3, 0.4) is 0 Å². The quantitative estimate of drug-likeness (QED) is 0.687. The van der Waals surface area contributed by atoms with E-state index < -0.39 is 31.2 Å². The molecule has 0 aromatic carbocycles. The third-order valence-corrected chi connectivity index (χ3v) is 4.00. The second-order valence-electron chi connectivity index (χ2n) is 6.14. The molecule has 24 heavy (non-hydrogen) atoms. The molecule has 0 radical (unpaired) electrons. The highest BCUT2D eigenvalue weighted by Crippen LogP contribution is 2.33. The summed E-state index contributed by atoms with van der Waals surface area (Å²) in [4.78, 5) is 12.5. The molecule has 3 N–H and O–H groups in total. The minimum absolute atomic E-state index is 0.00517. The molecule has 0 aliphatic carbocycles. The molecule has 1 aliphatic heterocycles. The minimum atomic E-state index is -1.33. The number of aromatic nitrogens is 4. The Bertz CT molecular complexity index is 728. The lowest BCUT2D eigenvalue weighted by Crippen LogP contribution is -2.32. The summed E-state index contributed by atoms with van der Waals surface area (Å²) >= 11 is 5.98. The van der Waals surface area contributed by atoms with Gasteiger partial charge in [-0.15, -0.1) is 0 Å². The lowest BCUT2D eigenvalue weighted by molar-refractivity contribution is -0.0409. The van der Waals surface area contributed by atoms with Gasteiger partial charge < -0.3 is 20.3 Å². The summed E-state index contributed by atoms with van der Waals surface area (Å²) in [5.74, 6) is 0.851. The number of alkyl halides is 1. The number of hydrogen-bond acceptors (Lipinski definition) is 7. The molecule has 1 saturated heterocycles. The van der Waals surface area contributed by atoms with E-state index in [9.17, 15) is 14.6 Å². The Balaban J connectivity index is 1.98.